The first-order valence-electron chi connectivity index (χ1n) is 11.9. The van der Waals surface area contributed by atoms with Gasteiger partial charge in [-0.3, -0.25) is 4.90 Å². The maximum atomic E-state index is 14.0. The summed E-state index contributed by atoms with van der Waals surface area (Å²) in [6, 6.07) is 4.94. The molecule has 2 aromatic heterocycles. The van der Waals surface area contributed by atoms with Gasteiger partial charge in [-0.2, -0.15) is 13.2 Å². The number of sulfone groups is 1. The molecule has 0 amide bonds. The number of halogens is 4. The van der Waals surface area contributed by atoms with Crippen LogP contribution in [0.4, 0.5) is 24.8 Å². The van der Waals surface area contributed by atoms with E-state index < -0.39 is 27.3 Å². The highest BCUT2D eigenvalue weighted by atomic mass is 35.5. The largest absolute Gasteiger partial charge is 0.420 e. The molecule has 5 rings (SSSR count). The third-order valence-electron chi connectivity index (χ3n) is 6.39. The molecule has 2 aliphatic rings. The number of morpholine rings is 1. The number of benzene rings is 1. The molecule has 2 N–H and O–H groups in total. The Hall–Kier alpha value is -2.29. The zero-order chi connectivity index (χ0) is 27.1. The predicted molar refractivity (Wildman–Crippen MR) is 140 cm³/mol. The summed E-state index contributed by atoms with van der Waals surface area (Å²) in [6.07, 6.45) is -2.20. The van der Waals surface area contributed by atoms with E-state index in [0.29, 0.717) is 54.6 Å². The maximum absolute atomic E-state index is 14.0. The molecule has 0 spiro atoms. The van der Waals surface area contributed by atoms with Gasteiger partial charge in [0.2, 0.25) is 5.95 Å². The lowest BCUT2D eigenvalue weighted by Gasteiger charge is -2.26. The van der Waals surface area contributed by atoms with Crippen LogP contribution in [0.3, 0.4) is 0 Å². The fourth-order valence-corrected chi connectivity index (χ4v) is 7.27. The van der Waals surface area contributed by atoms with Crippen molar-refractivity contribution in [1.82, 2.24) is 20.2 Å². The first-order valence-corrected chi connectivity index (χ1v) is 14.9. The molecule has 0 radical (unpaired) electrons. The van der Waals surface area contributed by atoms with Crippen LogP contribution in [0.2, 0.25) is 5.02 Å². The highest BCUT2D eigenvalue weighted by Crippen LogP contribution is 2.41. The minimum atomic E-state index is -4.75. The van der Waals surface area contributed by atoms with E-state index in [1.807, 2.05) is 17.0 Å². The van der Waals surface area contributed by atoms with E-state index in [-0.39, 0.29) is 22.3 Å². The van der Waals surface area contributed by atoms with Gasteiger partial charge in [0.05, 0.1) is 39.4 Å². The lowest BCUT2D eigenvalue weighted by atomic mass is 10.0. The van der Waals surface area contributed by atoms with Crippen molar-refractivity contribution in [1.29, 1.82) is 0 Å². The quantitative estimate of drug-likeness (QED) is 0.435. The van der Waals surface area contributed by atoms with Crippen LogP contribution in [-0.2, 0) is 40.3 Å². The Labute approximate surface area is 227 Å². The van der Waals surface area contributed by atoms with Crippen LogP contribution < -0.4 is 10.6 Å². The Kier molecular flexibility index (Phi) is 7.68. The number of thiophene rings is 1. The molecule has 0 bridgehead atoms. The summed E-state index contributed by atoms with van der Waals surface area (Å²) in [6.45, 7) is 3.99. The van der Waals surface area contributed by atoms with E-state index in [1.165, 1.54) is 6.07 Å². The molecule has 8 nitrogen and oxygen atoms in total. The van der Waals surface area contributed by atoms with Crippen molar-refractivity contribution in [3.05, 3.63) is 51.0 Å². The van der Waals surface area contributed by atoms with Gasteiger partial charge in [-0.1, -0.05) is 11.6 Å². The van der Waals surface area contributed by atoms with Gasteiger partial charge in [-0.15, -0.1) is 11.3 Å². The van der Waals surface area contributed by atoms with Gasteiger partial charge in [0.1, 0.15) is 5.56 Å². The van der Waals surface area contributed by atoms with Crippen molar-refractivity contribution in [3.63, 3.8) is 0 Å². The van der Waals surface area contributed by atoms with Gasteiger partial charge in [0, 0.05) is 43.5 Å². The zero-order valence-electron chi connectivity index (χ0n) is 20.4. The van der Waals surface area contributed by atoms with Gasteiger partial charge in [-0.25, -0.2) is 18.4 Å². The van der Waals surface area contributed by atoms with Crippen molar-refractivity contribution in [2.24, 2.45) is 0 Å². The number of alkyl halides is 3. The van der Waals surface area contributed by atoms with E-state index in [1.54, 1.807) is 0 Å². The number of aromatic nitrogens is 2. The molecule has 14 heteroatoms. The van der Waals surface area contributed by atoms with E-state index in [4.69, 9.17) is 16.3 Å². The summed E-state index contributed by atoms with van der Waals surface area (Å²) < 4.78 is 72.5. The number of ether oxygens (including phenoxy) is 1. The molecule has 0 unspecified atom stereocenters. The third-order valence-corrected chi connectivity index (χ3v) is 9.12. The Balaban J connectivity index is 1.55. The van der Waals surface area contributed by atoms with E-state index in [2.05, 4.69) is 20.6 Å². The number of anilines is 2. The summed E-state index contributed by atoms with van der Waals surface area (Å²) in [4.78, 5) is 10.7. The standard InChI is InChI=1S/C24H25ClF3N5O3S2/c1-38(34,35)21-10-19(37-20(21)13-33-4-6-36-7-5-33)22-16(24(26,27)28)12-30-23(32-22)31-18-9-14-2-3-29-11-15(14)8-17(18)25/h8-10,12,29H,2-7,11,13H2,1H3,(H,30,31,32). The van der Waals surface area contributed by atoms with Crippen LogP contribution >= 0.6 is 22.9 Å². The fraction of sp³-hybridized carbons (Fsp3) is 0.417. The molecular weight excluding hydrogens is 563 g/mol. The van der Waals surface area contributed by atoms with Gasteiger partial charge < -0.3 is 15.4 Å². The highest BCUT2D eigenvalue weighted by Gasteiger charge is 2.37. The molecule has 0 aliphatic carbocycles. The molecule has 0 atom stereocenters. The van der Waals surface area contributed by atoms with Gasteiger partial charge in [0.25, 0.3) is 0 Å². The third kappa shape index (κ3) is 5.97. The van der Waals surface area contributed by atoms with E-state index in [0.717, 1.165) is 41.7 Å². The Morgan fingerprint density at radius 1 is 1.21 bits per heavy atom. The lowest BCUT2D eigenvalue weighted by molar-refractivity contribution is -0.137. The first kappa shape index (κ1) is 27.3. The van der Waals surface area contributed by atoms with Crippen molar-refractivity contribution in [2.45, 2.75) is 30.6 Å². The number of hydrogen-bond donors (Lipinski definition) is 2. The van der Waals surface area contributed by atoms with E-state index >= 15 is 0 Å². The topological polar surface area (TPSA) is 96.5 Å². The number of hydrogen-bond acceptors (Lipinski definition) is 9. The van der Waals surface area contributed by atoms with Crippen molar-refractivity contribution in [3.8, 4) is 10.6 Å². The second-order valence-electron chi connectivity index (χ2n) is 9.16. The molecule has 1 aromatic carbocycles. The number of nitrogens with zero attached hydrogens (tertiary/aromatic N) is 3. The van der Waals surface area contributed by atoms with Crippen LogP contribution in [0.5, 0.6) is 0 Å². The van der Waals surface area contributed by atoms with Gasteiger partial charge in [-0.05, 0) is 42.3 Å². The first-order chi connectivity index (χ1) is 18.0. The zero-order valence-corrected chi connectivity index (χ0v) is 22.7. The molecule has 4 heterocycles. The SMILES string of the molecule is CS(=O)(=O)c1cc(-c2nc(Nc3cc4c(cc3Cl)CNCC4)ncc2C(F)(F)F)sc1CN1CCOCC1. The summed E-state index contributed by atoms with van der Waals surface area (Å²) in [5.41, 5.74) is 1.17. The van der Waals surface area contributed by atoms with Crippen LogP contribution in [-0.4, -0.2) is 62.4 Å². The van der Waals surface area contributed by atoms with Gasteiger partial charge >= 0.3 is 6.18 Å². The van der Waals surface area contributed by atoms with E-state index in [9.17, 15) is 21.6 Å². The normalized spacial score (nSPS) is 16.9. The second-order valence-corrected chi connectivity index (χ2v) is 12.7. The Morgan fingerprint density at radius 2 is 1.97 bits per heavy atom. The molecule has 1 saturated heterocycles. The number of nitrogens with one attached hydrogen (secondary N) is 2. The molecule has 2 aliphatic heterocycles. The fourth-order valence-electron chi connectivity index (χ4n) is 4.47. The second kappa shape index (κ2) is 10.7. The van der Waals surface area contributed by atoms with Crippen molar-refractivity contribution < 1.29 is 26.3 Å². The van der Waals surface area contributed by atoms with Crippen LogP contribution in [0.15, 0.2) is 29.3 Å². The number of fused-ring (bicyclic) bond motifs is 1. The van der Waals surface area contributed by atoms with Crippen molar-refractivity contribution >= 4 is 44.4 Å². The molecule has 0 saturated carbocycles. The highest BCUT2D eigenvalue weighted by molar-refractivity contribution is 7.91. The van der Waals surface area contributed by atoms with Crippen LogP contribution in [0.1, 0.15) is 21.6 Å². The molecular formula is C24H25ClF3N5O3S2. The van der Waals surface area contributed by atoms with Crippen molar-refractivity contribution in [2.75, 3.05) is 44.4 Å². The van der Waals surface area contributed by atoms with Gasteiger partial charge in [0.15, 0.2) is 9.84 Å². The summed E-state index contributed by atoms with van der Waals surface area (Å²) in [7, 11) is -3.70. The predicted octanol–water partition coefficient (Wildman–Crippen LogP) is 4.50. The average molecular weight is 588 g/mol. The van der Waals surface area contributed by atoms with Crippen LogP contribution in [0.25, 0.3) is 10.6 Å². The monoisotopic (exact) mass is 587 g/mol. The maximum Gasteiger partial charge on any atom is 0.420 e. The van der Waals surface area contributed by atoms with Crippen LogP contribution in [0, 0.1) is 0 Å². The molecule has 1 fully saturated rings. The average Bonchev–Trinajstić information content (AvgIpc) is 3.29. The minimum Gasteiger partial charge on any atom is -0.379 e. The molecule has 38 heavy (non-hydrogen) atoms. The molecule has 3 aromatic rings. The summed E-state index contributed by atoms with van der Waals surface area (Å²) in [5, 5.41) is 6.61. The summed E-state index contributed by atoms with van der Waals surface area (Å²) in [5.74, 6) is -0.0761. The minimum absolute atomic E-state index is 0.00317. The Bertz CT molecular complexity index is 1460. The summed E-state index contributed by atoms with van der Waals surface area (Å²) >= 11 is 7.42. The molecule has 204 valence electrons. The lowest BCUT2D eigenvalue weighted by Crippen LogP contribution is -2.35. The smallest absolute Gasteiger partial charge is 0.379 e. The Morgan fingerprint density at radius 3 is 2.68 bits per heavy atom. The number of rotatable bonds is 6.